The molecule has 1 aliphatic carbocycles. The van der Waals surface area contributed by atoms with Crippen molar-refractivity contribution in [2.75, 3.05) is 0 Å². The topological polar surface area (TPSA) is 28.7 Å². The van der Waals surface area contributed by atoms with Crippen molar-refractivity contribution in [3.05, 3.63) is 18.2 Å². The average molecular weight is 227 g/mol. The predicted octanol–water partition coefficient (Wildman–Crippen LogP) is 3.53. The summed E-state index contributed by atoms with van der Waals surface area (Å²) in [7, 11) is 0. The highest BCUT2D eigenvalue weighted by Crippen LogP contribution is 2.29. The molecule has 15 heavy (non-hydrogen) atoms. The van der Waals surface area contributed by atoms with Crippen molar-refractivity contribution in [1.29, 1.82) is 0 Å². The number of aromatic amines is 1. The number of aromatic nitrogens is 2. The minimum atomic E-state index is 0.247. The molecular weight excluding hydrogens is 208 g/mol. The zero-order valence-corrected chi connectivity index (χ0v) is 9.84. The molecule has 3 heteroatoms. The van der Waals surface area contributed by atoms with E-state index in [-0.39, 0.29) is 5.38 Å². The summed E-state index contributed by atoms with van der Waals surface area (Å²) in [6.07, 6.45) is 12.6. The largest absolute Gasteiger partial charge is 0.349 e. The van der Waals surface area contributed by atoms with Gasteiger partial charge >= 0.3 is 0 Å². The van der Waals surface area contributed by atoms with Gasteiger partial charge in [-0.05, 0) is 18.8 Å². The maximum absolute atomic E-state index is 6.29. The van der Waals surface area contributed by atoms with E-state index in [4.69, 9.17) is 11.6 Å². The van der Waals surface area contributed by atoms with Crippen LogP contribution in [0.2, 0.25) is 0 Å². The van der Waals surface area contributed by atoms with Crippen LogP contribution in [0.15, 0.2) is 12.4 Å². The monoisotopic (exact) mass is 226 g/mol. The molecule has 1 unspecified atom stereocenters. The zero-order chi connectivity index (χ0) is 10.5. The van der Waals surface area contributed by atoms with E-state index in [2.05, 4.69) is 9.97 Å². The van der Waals surface area contributed by atoms with E-state index in [1.54, 1.807) is 6.20 Å². The molecule has 1 atom stereocenters. The van der Waals surface area contributed by atoms with Gasteiger partial charge in [0.05, 0.1) is 0 Å². The second-order valence-corrected chi connectivity index (χ2v) is 5.18. The van der Waals surface area contributed by atoms with Crippen LogP contribution in [0, 0.1) is 5.92 Å². The Labute approximate surface area is 96.4 Å². The summed E-state index contributed by atoms with van der Waals surface area (Å²) < 4.78 is 0. The molecule has 1 fully saturated rings. The molecular formula is C12H19ClN2. The van der Waals surface area contributed by atoms with Crippen LogP contribution in [0.25, 0.3) is 0 Å². The van der Waals surface area contributed by atoms with Crippen molar-refractivity contribution >= 4 is 11.6 Å². The van der Waals surface area contributed by atoms with Crippen molar-refractivity contribution in [2.45, 2.75) is 50.3 Å². The Morgan fingerprint density at radius 1 is 1.47 bits per heavy atom. The maximum atomic E-state index is 6.29. The highest BCUT2D eigenvalue weighted by Gasteiger charge is 2.16. The lowest BCUT2D eigenvalue weighted by Crippen LogP contribution is -2.07. The average Bonchev–Trinajstić information content (AvgIpc) is 2.86. The normalized spacial score (nSPS) is 19.5. The van der Waals surface area contributed by atoms with Crippen LogP contribution in [-0.4, -0.2) is 15.3 Å². The highest BCUT2D eigenvalue weighted by atomic mass is 35.5. The van der Waals surface area contributed by atoms with Crippen molar-refractivity contribution in [1.82, 2.24) is 9.97 Å². The van der Waals surface area contributed by atoms with Gasteiger partial charge in [0, 0.05) is 24.2 Å². The van der Waals surface area contributed by atoms with Crippen molar-refractivity contribution in [2.24, 2.45) is 5.92 Å². The number of rotatable bonds is 5. The fraction of sp³-hybridized carbons (Fsp3) is 0.750. The molecule has 1 aromatic heterocycles. The highest BCUT2D eigenvalue weighted by molar-refractivity contribution is 6.20. The maximum Gasteiger partial charge on any atom is 0.107 e. The first-order valence-corrected chi connectivity index (χ1v) is 6.40. The number of hydrogen-bond donors (Lipinski definition) is 1. The number of nitrogens with zero attached hydrogens (tertiary/aromatic N) is 1. The molecule has 0 bridgehead atoms. The Balaban J connectivity index is 1.66. The number of halogens is 1. The SMILES string of the molecule is ClC(CCC1CCCC1)Cc1ncc[nH]1. The number of H-pyrrole nitrogens is 1. The van der Waals surface area contributed by atoms with Gasteiger partial charge in [-0.15, -0.1) is 11.6 Å². The Hall–Kier alpha value is -0.500. The van der Waals surface area contributed by atoms with Gasteiger partial charge in [-0.3, -0.25) is 0 Å². The van der Waals surface area contributed by atoms with Gasteiger partial charge in [0.15, 0.2) is 0 Å². The lowest BCUT2D eigenvalue weighted by Gasteiger charge is -2.11. The van der Waals surface area contributed by atoms with Crippen molar-refractivity contribution in [3.8, 4) is 0 Å². The molecule has 0 spiro atoms. The van der Waals surface area contributed by atoms with E-state index in [0.717, 1.165) is 24.6 Å². The Bertz CT molecular complexity index is 265. The fourth-order valence-electron chi connectivity index (χ4n) is 2.44. The summed E-state index contributed by atoms with van der Waals surface area (Å²) in [5.41, 5.74) is 0. The molecule has 0 radical (unpaired) electrons. The standard InChI is InChI=1S/C12H19ClN2/c13-11(9-12-14-7-8-15-12)6-5-10-3-1-2-4-10/h7-8,10-11H,1-6,9H2,(H,14,15). The minimum Gasteiger partial charge on any atom is -0.349 e. The van der Waals surface area contributed by atoms with E-state index in [1.807, 2.05) is 6.20 Å². The first-order valence-electron chi connectivity index (χ1n) is 5.97. The second-order valence-electron chi connectivity index (χ2n) is 4.57. The van der Waals surface area contributed by atoms with E-state index in [0.29, 0.717) is 0 Å². The van der Waals surface area contributed by atoms with Gasteiger partial charge in [0.2, 0.25) is 0 Å². The molecule has 0 saturated heterocycles. The number of nitrogens with one attached hydrogen (secondary N) is 1. The number of alkyl halides is 1. The molecule has 2 nitrogen and oxygen atoms in total. The van der Waals surface area contributed by atoms with Gasteiger partial charge in [-0.2, -0.15) is 0 Å². The summed E-state index contributed by atoms with van der Waals surface area (Å²) >= 11 is 6.29. The molecule has 0 amide bonds. The van der Waals surface area contributed by atoms with E-state index < -0.39 is 0 Å². The van der Waals surface area contributed by atoms with Crippen LogP contribution >= 0.6 is 11.6 Å². The van der Waals surface area contributed by atoms with Crippen LogP contribution in [0.4, 0.5) is 0 Å². The van der Waals surface area contributed by atoms with Crippen molar-refractivity contribution in [3.63, 3.8) is 0 Å². The molecule has 1 aliphatic rings. The van der Waals surface area contributed by atoms with Crippen LogP contribution < -0.4 is 0 Å². The third kappa shape index (κ3) is 3.53. The van der Waals surface area contributed by atoms with Crippen LogP contribution in [0.3, 0.4) is 0 Å². The molecule has 1 saturated carbocycles. The van der Waals surface area contributed by atoms with Crippen LogP contribution in [0.5, 0.6) is 0 Å². The summed E-state index contributed by atoms with van der Waals surface area (Å²) in [6, 6.07) is 0. The molecule has 1 heterocycles. The third-order valence-electron chi connectivity index (χ3n) is 3.33. The molecule has 1 aromatic rings. The molecule has 0 aromatic carbocycles. The Kier molecular flexibility index (Phi) is 4.07. The Morgan fingerprint density at radius 2 is 2.27 bits per heavy atom. The minimum absolute atomic E-state index is 0.247. The Morgan fingerprint density at radius 3 is 2.93 bits per heavy atom. The lowest BCUT2D eigenvalue weighted by atomic mass is 10.00. The van der Waals surface area contributed by atoms with E-state index in [1.165, 1.54) is 32.1 Å². The van der Waals surface area contributed by atoms with Gasteiger partial charge in [0.25, 0.3) is 0 Å². The first-order chi connectivity index (χ1) is 7.34. The second kappa shape index (κ2) is 5.55. The molecule has 1 N–H and O–H groups in total. The zero-order valence-electron chi connectivity index (χ0n) is 9.08. The van der Waals surface area contributed by atoms with Gasteiger partial charge in [-0.25, -0.2) is 4.98 Å². The number of hydrogen-bond acceptors (Lipinski definition) is 1. The molecule has 2 rings (SSSR count). The van der Waals surface area contributed by atoms with Gasteiger partial charge in [0.1, 0.15) is 5.82 Å². The quantitative estimate of drug-likeness (QED) is 0.765. The number of imidazole rings is 1. The lowest BCUT2D eigenvalue weighted by molar-refractivity contribution is 0.474. The first kappa shape index (κ1) is 11.0. The molecule has 0 aliphatic heterocycles. The predicted molar refractivity (Wildman–Crippen MR) is 63.1 cm³/mol. The summed E-state index contributed by atoms with van der Waals surface area (Å²) in [6.45, 7) is 0. The van der Waals surface area contributed by atoms with Crippen molar-refractivity contribution < 1.29 is 0 Å². The van der Waals surface area contributed by atoms with Crippen LogP contribution in [0.1, 0.15) is 44.3 Å². The van der Waals surface area contributed by atoms with Gasteiger partial charge in [-0.1, -0.05) is 25.7 Å². The third-order valence-corrected chi connectivity index (χ3v) is 3.71. The van der Waals surface area contributed by atoms with E-state index in [9.17, 15) is 0 Å². The summed E-state index contributed by atoms with van der Waals surface area (Å²) in [5.74, 6) is 1.96. The smallest absolute Gasteiger partial charge is 0.107 e. The molecule has 84 valence electrons. The summed E-state index contributed by atoms with van der Waals surface area (Å²) in [4.78, 5) is 7.30. The van der Waals surface area contributed by atoms with E-state index >= 15 is 0 Å². The van der Waals surface area contributed by atoms with Gasteiger partial charge < -0.3 is 4.98 Å². The fourth-order valence-corrected chi connectivity index (χ4v) is 2.71. The van der Waals surface area contributed by atoms with Crippen LogP contribution in [-0.2, 0) is 6.42 Å². The summed E-state index contributed by atoms with van der Waals surface area (Å²) in [5, 5.41) is 0.247.